The van der Waals surface area contributed by atoms with E-state index in [1.807, 2.05) is 84.4 Å². The molecule has 0 amide bonds. The molecule has 2 unspecified atom stereocenters. The molecule has 0 saturated heterocycles. The van der Waals surface area contributed by atoms with Crippen LogP contribution in [0.4, 0.5) is 0 Å². The van der Waals surface area contributed by atoms with Gasteiger partial charge in [0.05, 0.1) is 17.5 Å². The number of aryl methyl sites for hydroxylation is 1. The van der Waals surface area contributed by atoms with Gasteiger partial charge < -0.3 is 9.67 Å². The Labute approximate surface area is 211 Å². The molecular weight excluding hydrogens is 470 g/mol. The highest BCUT2D eigenvalue weighted by molar-refractivity contribution is 7.86. The Morgan fingerprint density at radius 3 is 2.17 bits per heavy atom. The van der Waals surface area contributed by atoms with E-state index in [0.29, 0.717) is 0 Å². The first-order valence-corrected chi connectivity index (χ1v) is 13.2. The summed E-state index contributed by atoms with van der Waals surface area (Å²) in [6.07, 6.45) is 0.815. The van der Waals surface area contributed by atoms with Crippen LogP contribution in [0.25, 0.3) is 22.0 Å². The molecule has 1 aromatic heterocycles. The van der Waals surface area contributed by atoms with Crippen molar-refractivity contribution in [1.29, 1.82) is 0 Å². The Kier molecular flexibility index (Phi) is 6.74. The van der Waals surface area contributed by atoms with Crippen LogP contribution in [0.3, 0.4) is 0 Å². The summed E-state index contributed by atoms with van der Waals surface area (Å²) in [6, 6.07) is 33.7. The van der Waals surface area contributed by atoms with Crippen LogP contribution in [-0.2, 0) is 14.3 Å². The van der Waals surface area contributed by atoms with E-state index in [4.69, 9.17) is 4.18 Å². The molecule has 0 aliphatic heterocycles. The van der Waals surface area contributed by atoms with Crippen molar-refractivity contribution in [3.05, 3.63) is 127 Å². The zero-order chi connectivity index (χ0) is 25.1. The molecule has 0 saturated carbocycles. The van der Waals surface area contributed by atoms with Crippen molar-refractivity contribution in [2.75, 3.05) is 6.61 Å². The summed E-state index contributed by atoms with van der Waals surface area (Å²) in [6.45, 7) is 1.50. The van der Waals surface area contributed by atoms with Gasteiger partial charge >= 0.3 is 0 Å². The maximum Gasteiger partial charge on any atom is 0.297 e. The molecule has 2 atom stereocenters. The summed E-state index contributed by atoms with van der Waals surface area (Å²) < 4.78 is 32.9. The Morgan fingerprint density at radius 1 is 0.806 bits per heavy atom. The molecule has 182 valence electrons. The zero-order valence-corrected chi connectivity index (χ0v) is 20.7. The number of aliphatic hydroxyl groups is 1. The van der Waals surface area contributed by atoms with Crippen molar-refractivity contribution < 1.29 is 17.7 Å². The molecule has 5 nitrogen and oxygen atoms in total. The minimum Gasteiger partial charge on any atom is -0.388 e. The summed E-state index contributed by atoms with van der Waals surface area (Å²) in [7, 11) is -4.01. The second kappa shape index (κ2) is 10.1. The molecule has 1 heterocycles. The minimum absolute atomic E-state index is 0.0653. The van der Waals surface area contributed by atoms with Gasteiger partial charge in [-0.25, -0.2) is 0 Å². The standard InChI is InChI=1S/C30H27NO4S/c1-22-15-17-25(18-16-22)36(33,34)35-21-29(32)30(24-11-6-3-7-12-24)31-20-19-27-26(13-8-14-28(27)31)23-9-4-2-5-10-23/h2-20,29-30,32H,21H2,1H3. The molecule has 5 aromatic rings. The molecule has 0 bridgehead atoms. The number of aliphatic hydroxyl groups excluding tert-OH is 1. The number of fused-ring (bicyclic) bond motifs is 1. The van der Waals surface area contributed by atoms with E-state index in [2.05, 4.69) is 18.2 Å². The Morgan fingerprint density at radius 2 is 1.47 bits per heavy atom. The molecule has 0 radical (unpaired) electrons. The zero-order valence-electron chi connectivity index (χ0n) is 19.9. The van der Waals surface area contributed by atoms with Crippen LogP contribution < -0.4 is 0 Å². The number of nitrogens with zero attached hydrogens (tertiary/aromatic N) is 1. The van der Waals surface area contributed by atoms with Crippen molar-refractivity contribution in [2.45, 2.75) is 24.0 Å². The normalized spacial score (nSPS) is 13.5. The first-order chi connectivity index (χ1) is 17.4. The SMILES string of the molecule is Cc1ccc(S(=O)(=O)OCC(O)C(c2ccccc2)n2ccc3c(-c4ccccc4)cccc32)cc1. The number of rotatable bonds is 8. The third-order valence-corrected chi connectivity index (χ3v) is 7.65. The fourth-order valence-electron chi connectivity index (χ4n) is 4.54. The molecule has 0 spiro atoms. The molecule has 0 fully saturated rings. The van der Waals surface area contributed by atoms with Gasteiger partial charge in [0.1, 0.15) is 6.10 Å². The van der Waals surface area contributed by atoms with Gasteiger partial charge in [-0.2, -0.15) is 8.42 Å². The lowest BCUT2D eigenvalue weighted by molar-refractivity contribution is 0.0785. The van der Waals surface area contributed by atoms with Crippen LogP contribution >= 0.6 is 0 Å². The van der Waals surface area contributed by atoms with Crippen LogP contribution in [-0.4, -0.2) is 30.8 Å². The van der Waals surface area contributed by atoms with Gasteiger partial charge in [0.25, 0.3) is 10.1 Å². The lowest BCUT2D eigenvalue weighted by Gasteiger charge is -2.26. The quantitative estimate of drug-likeness (QED) is 0.268. The summed E-state index contributed by atoms with van der Waals surface area (Å²) in [5.41, 5.74) is 4.93. The van der Waals surface area contributed by atoms with Crippen LogP contribution in [0.2, 0.25) is 0 Å². The van der Waals surface area contributed by atoms with Crippen LogP contribution in [0.1, 0.15) is 17.2 Å². The van der Waals surface area contributed by atoms with E-state index >= 15 is 0 Å². The largest absolute Gasteiger partial charge is 0.388 e. The van der Waals surface area contributed by atoms with Crippen molar-refractivity contribution >= 4 is 21.0 Å². The second-order valence-corrected chi connectivity index (χ2v) is 10.4. The highest BCUT2D eigenvalue weighted by Crippen LogP contribution is 2.34. The molecule has 6 heteroatoms. The predicted octanol–water partition coefficient (Wildman–Crippen LogP) is 5.97. The van der Waals surface area contributed by atoms with Crippen molar-refractivity contribution in [2.24, 2.45) is 0 Å². The van der Waals surface area contributed by atoms with Gasteiger partial charge in [-0.1, -0.05) is 90.5 Å². The average Bonchev–Trinajstić information content (AvgIpc) is 3.33. The molecule has 4 aromatic carbocycles. The lowest BCUT2D eigenvalue weighted by atomic mass is 10.00. The molecular formula is C30H27NO4S. The van der Waals surface area contributed by atoms with Gasteiger partial charge in [0.2, 0.25) is 0 Å². The van der Waals surface area contributed by atoms with Gasteiger partial charge in [0, 0.05) is 17.1 Å². The number of aromatic nitrogens is 1. The van der Waals surface area contributed by atoms with Gasteiger partial charge in [0.15, 0.2) is 0 Å². The van der Waals surface area contributed by atoms with Crippen LogP contribution in [0.15, 0.2) is 120 Å². The first kappa shape index (κ1) is 24.0. The van der Waals surface area contributed by atoms with Gasteiger partial charge in [-0.15, -0.1) is 0 Å². The van der Waals surface area contributed by atoms with Crippen LogP contribution in [0, 0.1) is 6.92 Å². The second-order valence-electron chi connectivity index (χ2n) is 8.80. The van der Waals surface area contributed by atoms with Crippen molar-refractivity contribution in [3.63, 3.8) is 0 Å². The minimum atomic E-state index is -4.01. The smallest absolute Gasteiger partial charge is 0.297 e. The average molecular weight is 498 g/mol. The molecule has 0 aliphatic carbocycles. The predicted molar refractivity (Wildman–Crippen MR) is 142 cm³/mol. The maximum absolute atomic E-state index is 12.8. The Hall–Kier alpha value is -3.71. The topological polar surface area (TPSA) is 68.5 Å². The lowest BCUT2D eigenvalue weighted by Crippen LogP contribution is -2.30. The molecule has 0 aliphatic rings. The van der Waals surface area contributed by atoms with E-state index in [0.717, 1.165) is 33.2 Å². The summed E-state index contributed by atoms with van der Waals surface area (Å²) in [5, 5.41) is 12.4. The van der Waals surface area contributed by atoms with Crippen molar-refractivity contribution in [1.82, 2.24) is 4.57 Å². The molecule has 1 N–H and O–H groups in total. The summed E-state index contributed by atoms with van der Waals surface area (Å²) in [4.78, 5) is 0.0653. The number of benzene rings is 4. The summed E-state index contributed by atoms with van der Waals surface area (Å²) >= 11 is 0. The molecule has 36 heavy (non-hydrogen) atoms. The van der Waals surface area contributed by atoms with E-state index < -0.39 is 22.3 Å². The first-order valence-electron chi connectivity index (χ1n) is 11.8. The third kappa shape index (κ3) is 4.84. The number of hydrogen-bond donors (Lipinski definition) is 1. The van der Waals surface area contributed by atoms with E-state index in [9.17, 15) is 13.5 Å². The Bertz CT molecular complexity index is 1560. The van der Waals surface area contributed by atoms with Gasteiger partial charge in [-0.3, -0.25) is 4.18 Å². The van der Waals surface area contributed by atoms with E-state index in [1.165, 1.54) is 12.1 Å². The van der Waals surface area contributed by atoms with Crippen molar-refractivity contribution in [3.8, 4) is 11.1 Å². The fourth-order valence-corrected chi connectivity index (χ4v) is 5.47. The number of hydrogen-bond acceptors (Lipinski definition) is 4. The highest BCUT2D eigenvalue weighted by atomic mass is 32.2. The van der Waals surface area contributed by atoms with Gasteiger partial charge in [-0.05, 0) is 47.9 Å². The van der Waals surface area contributed by atoms with E-state index in [-0.39, 0.29) is 11.5 Å². The fraction of sp³-hybridized carbons (Fsp3) is 0.133. The monoisotopic (exact) mass is 497 g/mol. The molecule has 5 rings (SSSR count). The third-order valence-electron chi connectivity index (χ3n) is 6.36. The van der Waals surface area contributed by atoms with E-state index in [1.54, 1.807) is 12.1 Å². The summed E-state index contributed by atoms with van der Waals surface area (Å²) in [5.74, 6) is 0. The van der Waals surface area contributed by atoms with Crippen LogP contribution in [0.5, 0.6) is 0 Å². The highest BCUT2D eigenvalue weighted by Gasteiger charge is 2.27. The maximum atomic E-state index is 12.8. The Balaban J connectivity index is 1.51.